The Balaban J connectivity index is 1.76. The van der Waals surface area contributed by atoms with E-state index < -0.39 is 35.1 Å². The molecule has 0 aliphatic carbocycles. The zero-order chi connectivity index (χ0) is 26.6. The number of amides is 3. The maximum atomic E-state index is 12.9. The molecule has 3 heterocycles. The van der Waals surface area contributed by atoms with Gasteiger partial charge in [0.25, 0.3) is 17.7 Å². The lowest BCUT2D eigenvalue weighted by atomic mass is 10.0. The van der Waals surface area contributed by atoms with Gasteiger partial charge in [-0.25, -0.2) is 0 Å². The number of oxime groups is 1. The molecule has 16 heteroatoms. The summed E-state index contributed by atoms with van der Waals surface area (Å²) in [4.78, 5) is 58.9. The van der Waals surface area contributed by atoms with Crippen molar-refractivity contribution in [3.05, 3.63) is 29.2 Å². The molecule has 2 aliphatic heterocycles. The smallest absolute Gasteiger partial charge is 0.278 e. The minimum Gasteiger partial charge on any atom is -0.543 e. The largest absolute Gasteiger partial charge is 0.543 e. The van der Waals surface area contributed by atoms with Crippen LogP contribution in [0.2, 0.25) is 0 Å². The lowest BCUT2D eigenvalue weighted by molar-refractivity contribution is -0.876. The number of hydrogen-bond donors (Lipinski definition) is 3. The van der Waals surface area contributed by atoms with Gasteiger partial charge in [-0.2, -0.15) is 9.36 Å². The van der Waals surface area contributed by atoms with Crippen LogP contribution in [0, 0.1) is 0 Å². The Kier molecular flexibility index (Phi) is 8.31. The minimum absolute atomic E-state index is 0.0521. The Morgan fingerprint density at radius 1 is 1.39 bits per heavy atom. The molecule has 1 aromatic rings. The number of β-lactam (4-membered cyclic amide) rings is 1. The summed E-state index contributed by atoms with van der Waals surface area (Å²) in [5, 5.41) is 17.7. The predicted octanol–water partition coefficient (Wildman–Crippen LogP) is -2.62. The molecule has 2 aliphatic rings. The minimum atomic E-state index is -1.51. The number of nitrogens with one attached hydrogen (secondary N) is 1. The number of aromatic nitrogens is 2. The van der Waals surface area contributed by atoms with Crippen LogP contribution in [-0.4, -0.2) is 99.1 Å². The summed E-state index contributed by atoms with van der Waals surface area (Å²) >= 11 is 2.15. The molecule has 5 N–H and O–H groups in total. The van der Waals surface area contributed by atoms with E-state index in [2.05, 4.69) is 19.8 Å². The third kappa shape index (κ3) is 6.00. The highest BCUT2D eigenvalue weighted by molar-refractivity contribution is 8.00. The molecule has 3 rings (SSSR count). The Morgan fingerprint density at radius 2 is 2.11 bits per heavy atom. The molecular formula is C20H26N8O6S2. The zero-order valence-corrected chi connectivity index (χ0v) is 21.4. The van der Waals surface area contributed by atoms with Crippen LogP contribution in [0.25, 0.3) is 0 Å². The van der Waals surface area contributed by atoms with Gasteiger partial charge in [0.2, 0.25) is 11.5 Å². The van der Waals surface area contributed by atoms with Gasteiger partial charge >= 0.3 is 0 Å². The van der Waals surface area contributed by atoms with Crippen LogP contribution >= 0.6 is 23.3 Å². The summed E-state index contributed by atoms with van der Waals surface area (Å²) < 4.78 is 4.23. The Bertz CT molecular complexity index is 1160. The normalized spacial score (nSPS) is 20.2. The third-order valence-electron chi connectivity index (χ3n) is 5.13. The van der Waals surface area contributed by atoms with Gasteiger partial charge in [0, 0.05) is 17.3 Å². The van der Waals surface area contributed by atoms with Crippen LogP contribution in [0.15, 0.2) is 28.6 Å². The zero-order valence-electron chi connectivity index (χ0n) is 19.8. The van der Waals surface area contributed by atoms with Gasteiger partial charge in [-0.1, -0.05) is 11.2 Å². The van der Waals surface area contributed by atoms with Gasteiger partial charge < -0.3 is 36.0 Å². The van der Waals surface area contributed by atoms with Crippen molar-refractivity contribution in [1.82, 2.24) is 19.6 Å². The second-order valence-corrected chi connectivity index (χ2v) is 10.4. The molecular weight excluding hydrogens is 512 g/mol. The van der Waals surface area contributed by atoms with Crippen LogP contribution in [0.4, 0.5) is 5.13 Å². The number of thioether (sulfide) groups is 1. The summed E-state index contributed by atoms with van der Waals surface area (Å²) in [5.41, 5.74) is 10.7. The second-order valence-electron chi connectivity index (χ2n) is 8.48. The first-order valence-electron chi connectivity index (χ1n) is 10.7. The number of carboxylic acids is 1. The topological polar surface area (TPSA) is 206 Å². The summed E-state index contributed by atoms with van der Waals surface area (Å²) in [5.74, 6) is -3.14. The van der Waals surface area contributed by atoms with Gasteiger partial charge in [-0.15, -0.1) is 11.8 Å². The van der Waals surface area contributed by atoms with E-state index in [1.807, 2.05) is 0 Å². The lowest BCUT2D eigenvalue weighted by Crippen LogP contribution is -2.71. The number of nitrogen functional groups attached to an aromatic ring is 1. The fourth-order valence-corrected chi connectivity index (χ4v) is 5.33. The standard InChI is InChI=1S/C20H26N8O6S2/c1-4-34-25-12(15-24-20(22)36-26-15)16(30)23-13-17(31)27-14(19(32)33)10(9-35-18(13)27)6-5-7-28(2,3)8-11(21)29/h5-6,13,18H,4,7-9H2,1-3H3,(H5-,21,22,23,24,26,29,30,32,33)/b6-5+,25-12-/t13-,18-/m1/s1. The first-order chi connectivity index (χ1) is 16.9. The number of anilines is 1. The van der Waals surface area contributed by atoms with E-state index in [0.29, 0.717) is 12.1 Å². The molecule has 0 aromatic carbocycles. The SMILES string of the molecule is CCO/N=C(\C(=O)N[C@@H]1C(=O)N2C(C(=O)[O-])=C(/C=C/C[N+](C)(C)CC(N)=O)CS[C@H]12)c1nsc(N)n1. The number of fused-ring (bicyclic) bond motifs is 1. The molecule has 2 atom stereocenters. The molecule has 14 nitrogen and oxygen atoms in total. The van der Waals surface area contributed by atoms with Crippen molar-refractivity contribution < 1.29 is 33.6 Å². The van der Waals surface area contributed by atoms with Crippen molar-refractivity contribution in [2.45, 2.75) is 18.3 Å². The number of carboxylic acid groups (broad SMARTS) is 1. The van der Waals surface area contributed by atoms with E-state index in [1.54, 1.807) is 33.2 Å². The number of rotatable bonds is 11. The van der Waals surface area contributed by atoms with Gasteiger partial charge in [-0.05, 0) is 18.6 Å². The molecule has 1 fully saturated rings. The second kappa shape index (κ2) is 11.0. The number of carbonyl (C=O) groups is 4. The molecule has 0 unspecified atom stereocenters. The summed E-state index contributed by atoms with van der Waals surface area (Å²) in [6.07, 6.45) is 3.31. The molecule has 36 heavy (non-hydrogen) atoms. The Morgan fingerprint density at radius 3 is 2.69 bits per heavy atom. The first-order valence-corrected chi connectivity index (χ1v) is 12.5. The van der Waals surface area contributed by atoms with Gasteiger partial charge in [0.05, 0.1) is 32.3 Å². The summed E-state index contributed by atoms with van der Waals surface area (Å²) in [6, 6.07) is -1.00. The molecule has 1 saturated heterocycles. The first kappa shape index (κ1) is 27.1. The average molecular weight is 539 g/mol. The number of likely N-dealkylation sites (N-methyl/N-ethyl adjacent to an activating group) is 1. The van der Waals surface area contributed by atoms with E-state index in [0.717, 1.165) is 16.4 Å². The van der Waals surface area contributed by atoms with E-state index in [9.17, 15) is 24.3 Å². The van der Waals surface area contributed by atoms with Gasteiger partial charge in [-0.3, -0.25) is 19.3 Å². The number of carbonyl (C=O) groups excluding carboxylic acids is 4. The van der Waals surface area contributed by atoms with E-state index in [4.69, 9.17) is 16.3 Å². The van der Waals surface area contributed by atoms with Gasteiger partial charge in [0.15, 0.2) is 11.7 Å². The van der Waals surface area contributed by atoms with Crippen molar-refractivity contribution in [1.29, 1.82) is 0 Å². The fourth-order valence-electron chi connectivity index (χ4n) is 3.58. The van der Waals surface area contributed by atoms with Crippen LogP contribution in [0.3, 0.4) is 0 Å². The molecule has 0 bridgehead atoms. The van der Waals surface area contributed by atoms with Crippen LogP contribution in [0.5, 0.6) is 0 Å². The number of allylic oxidation sites excluding steroid dienone is 1. The number of nitrogens with zero attached hydrogens (tertiary/aromatic N) is 5. The monoisotopic (exact) mass is 538 g/mol. The van der Waals surface area contributed by atoms with E-state index >= 15 is 0 Å². The average Bonchev–Trinajstić information content (AvgIpc) is 3.21. The highest BCUT2D eigenvalue weighted by atomic mass is 32.2. The highest BCUT2D eigenvalue weighted by Crippen LogP contribution is 2.40. The number of nitrogens with two attached hydrogens (primary N) is 2. The van der Waals surface area contributed by atoms with Crippen LogP contribution < -0.4 is 21.9 Å². The number of primary amides is 1. The quantitative estimate of drug-likeness (QED) is 0.116. The summed E-state index contributed by atoms with van der Waals surface area (Å²) in [6.45, 7) is 2.37. The number of aliphatic carboxylic acids is 1. The van der Waals surface area contributed by atoms with E-state index in [1.165, 1.54) is 11.8 Å². The van der Waals surface area contributed by atoms with E-state index in [-0.39, 0.29) is 45.8 Å². The predicted molar refractivity (Wildman–Crippen MR) is 130 cm³/mol. The highest BCUT2D eigenvalue weighted by Gasteiger charge is 2.53. The molecule has 3 amide bonds. The van der Waals surface area contributed by atoms with Gasteiger partial charge in [0.1, 0.15) is 18.0 Å². The van der Waals surface area contributed by atoms with Crippen LogP contribution in [-0.2, 0) is 24.0 Å². The van der Waals surface area contributed by atoms with Crippen LogP contribution in [0.1, 0.15) is 12.7 Å². The maximum Gasteiger partial charge on any atom is 0.278 e. The third-order valence-corrected chi connectivity index (χ3v) is 6.98. The molecule has 0 saturated carbocycles. The van der Waals surface area contributed by atoms with Crippen molar-refractivity contribution >= 4 is 57.8 Å². The molecule has 1 aromatic heterocycles. The van der Waals surface area contributed by atoms with Crippen molar-refractivity contribution in [2.24, 2.45) is 10.9 Å². The Labute approximate surface area is 214 Å². The molecule has 0 radical (unpaired) electrons. The van der Waals surface area contributed by atoms with Crippen molar-refractivity contribution in [3.8, 4) is 0 Å². The van der Waals surface area contributed by atoms with Crippen molar-refractivity contribution in [2.75, 3.05) is 45.3 Å². The summed E-state index contributed by atoms with van der Waals surface area (Å²) in [7, 11) is 3.61. The number of hydrogen-bond acceptors (Lipinski definition) is 12. The Hall–Kier alpha value is -3.50. The molecule has 0 spiro atoms. The number of quaternary nitrogens is 1. The molecule has 194 valence electrons. The fraction of sp³-hybridized carbons (Fsp3) is 0.450. The lowest BCUT2D eigenvalue weighted by Gasteiger charge is -2.50. The maximum absolute atomic E-state index is 12.9. The van der Waals surface area contributed by atoms with Crippen molar-refractivity contribution in [3.63, 3.8) is 0 Å².